The molecule has 2 unspecified atom stereocenters. The van der Waals surface area contributed by atoms with Gasteiger partial charge in [0.2, 0.25) is 0 Å². The van der Waals surface area contributed by atoms with E-state index in [1.165, 1.54) is 47.9 Å². The van der Waals surface area contributed by atoms with Crippen LogP contribution in [0.15, 0.2) is 72.8 Å². The minimum absolute atomic E-state index is 0.386. The van der Waals surface area contributed by atoms with Gasteiger partial charge in [0.1, 0.15) is 11.5 Å². The van der Waals surface area contributed by atoms with Gasteiger partial charge in [0.15, 0.2) is 0 Å². The summed E-state index contributed by atoms with van der Waals surface area (Å²) in [5, 5.41) is 28.0. The maximum atomic E-state index is 13.4. The minimum Gasteiger partial charge on any atom is -0.784 e. The summed E-state index contributed by atoms with van der Waals surface area (Å²) in [6.45, 7) is 23.7. The molecule has 2 aliphatic rings. The molecular formula is C74H94N2O6-2. The van der Waals surface area contributed by atoms with Crippen LogP contribution in [0.25, 0.3) is 0 Å². The molecule has 438 valence electrons. The number of hydroxylamine groups is 4. The van der Waals surface area contributed by atoms with Gasteiger partial charge in [-0.2, -0.15) is 0 Å². The summed E-state index contributed by atoms with van der Waals surface area (Å²) >= 11 is 0. The standard InChI is InChI=1S/C74H94N2O6/c1-13-17-21-25-31-57-51-63(43-37-55-39-45-65(46-40-55)81-69(77)67-53-71(5,6)75(79)73(67,9)10)61(33-27-23-19-15-3)49-59(57)35-29-30-36-60-50-62(34-28-24-20-16-4)64(52-58(60)32-26-22-18-14-2)44-38-56-41-47-66(48-42-56)82-70(78)68-54-72(7,8)76(80)74(68,11)12/h39-42,45-52,67-68H,13-28,31-34,53-54H2,1-12H3/q-2. The molecule has 0 bridgehead atoms. The van der Waals surface area contributed by atoms with Crippen molar-refractivity contribution in [3.05, 3.63) is 139 Å². The van der Waals surface area contributed by atoms with Crippen LogP contribution in [0.1, 0.15) is 254 Å². The van der Waals surface area contributed by atoms with Crippen molar-refractivity contribution in [2.24, 2.45) is 11.8 Å². The summed E-state index contributed by atoms with van der Waals surface area (Å²) in [7, 11) is 0. The first kappa shape index (κ1) is 65.1. The molecule has 0 saturated carbocycles. The molecular weight excluding hydrogens is 1010 g/mol. The van der Waals surface area contributed by atoms with Gasteiger partial charge in [-0.05, 0) is 226 Å². The van der Waals surface area contributed by atoms with E-state index in [4.69, 9.17) is 9.47 Å². The number of esters is 2. The van der Waals surface area contributed by atoms with Crippen LogP contribution in [0.5, 0.6) is 11.5 Å². The van der Waals surface area contributed by atoms with Crippen LogP contribution >= 0.6 is 0 Å². The number of hydrogen-bond donors (Lipinski definition) is 0. The Labute approximate surface area is 494 Å². The average molecular weight is 1110 g/mol. The first-order valence-electron chi connectivity index (χ1n) is 31.1. The first-order chi connectivity index (χ1) is 39.1. The van der Waals surface area contributed by atoms with Crippen LogP contribution in [-0.4, -0.2) is 44.2 Å². The van der Waals surface area contributed by atoms with Crippen molar-refractivity contribution in [2.45, 2.75) is 246 Å². The largest absolute Gasteiger partial charge is 0.784 e. The third kappa shape index (κ3) is 17.7. The molecule has 82 heavy (non-hydrogen) atoms. The fraction of sp³-hybridized carbons (Fsp3) is 0.541. The Morgan fingerprint density at radius 1 is 0.427 bits per heavy atom. The molecule has 8 heteroatoms. The minimum atomic E-state index is -0.860. The van der Waals surface area contributed by atoms with Crippen molar-refractivity contribution in [3.63, 3.8) is 0 Å². The molecule has 2 aliphatic heterocycles. The van der Waals surface area contributed by atoms with Gasteiger partial charge in [0.05, 0.1) is 11.8 Å². The van der Waals surface area contributed by atoms with E-state index in [1.807, 2.05) is 79.7 Å². The fourth-order valence-electron chi connectivity index (χ4n) is 12.0. The Morgan fingerprint density at radius 2 is 0.707 bits per heavy atom. The highest BCUT2D eigenvalue weighted by Gasteiger charge is 2.51. The zero-order valence-corrected chi connectivity index (χ0v) is 52.0. The molecule has 0 radical (unpaired) electrons. The van der Waals surface area contributed by atoms with Crippen LogP contribution in [0.4, 0.5) is 0 Å². The van der Waals surface area contributed by atoms with E-state index >= 15 is 0 Å². The Bertz CT molecular complexity index is 2840. The average Bonchev–Trinajstić information content (AvgIpc) is 3.89. The van der Waals surface area contributed by atoms with Gasteiger partial charge in [-0.15, -0.1) is 0 Å². The predicted octanol–water partition coefficient (Wildman–Crippen LogP) is 16.9. The van der Waals surface area contributed by atoms with Gasteiger partial charge in [0.25, 0.3) is 0 Å². The summed E-state index contributed by atoms with van der Waals surface area (Å²) in [6, 6.07) is 23.8. The highest BCUT2D eigenvalue weighted by Crippen LogP contribution is 2.46. The molecule has 0 aromatic heterocycles. The molecule has 4 aromatic rings. The smallest absolute Gasteiger partial charge is 0.316 e. The van der Waals surface area contributed by atoms with Gasteiger partial charge < -0.3 is 30.0 Å². The van der Waals surface area contributed by atoms with Crippen LogP contribution in [0, 0.1) is 69.6 Å². The van der Waals surface area contributed by atoms with E-state index in [1.54, 1.807) is 24.3 Å². The predicted molar refractivity (Wildman–Crippen MR) is 337 cm³/mol. The maximum Gasteiger partial charge on any atom is 0.316 e. The summed E-state index contributed by atoms with van der Waals surface area (Å²) in [5.74, 6) is 26.8. The third-order valence-electron chi connectivity index (χ3n) is 17.0. The Kier molecular flexibility index (Phi) is 24.2. The second kappa shape index (κ2) is 30.5. The molecule has 0 N–H and O–H groups in total. The molecule has 6 rings (SSSR count). The highest BCUT2D eigenvalue weighted by molar-refractivity contribution is 5.78. The number of aryl methyl sites for hydroxylation is 4. The van der Waals surface area contributed by atoms with Crippen LogP contribution < -0.4 is 9.47 Å². The van der Waals surface area contributed by atoms with Gasteiger partial charge in [-0.25, -0.2) is 0 Å². The molecule has 0 aliphatic carbocycles. The van der Waals surface area contributed by atoms with Crippen LogP contribution in [0.2, 0.25) is 0 Å². The van der Waals surface area contributed by atoms with Gasteiger partial charge in [0, 0.05) is 55.5 Å². The van der Waals surface area contributed by atoms with E-state index < -0.39 is 34.0 Å². The SMILES string of the molecule is CCCCCCc1cc(C#Cc2ccc(OC(=O)C3CC(C)(C)N([O-])C3(C)C)cc2)c(CCCCCC)cc1C#CC#Cc1cc(CCCCCC)c(C#Cc2ccc(OC(=O)C3CC(C)(C)N([O-])C3(C)C)cc2)cc1CCCCCC. The molecule has 0 spiro atoms. The quantitative estimate of drug-likeness (QED) is 0.0296. The molecule has 8 nitrogen and oxygen atoms in total. The van der Waals surface area contributed by atoms with Crippen molar-refractivity contribution >= 4 is 11.9 Å². The van der Waals surface area contributed by atoms with E-state index in [-0.39, 0.29) is 11.9 Å². The Morgan fingerprint density at radius 3 is 0.963 bits per heavy atom. The Hall–Kier alpha value is -6.10. The number of carbonyl (C=O) groups is 2. The zero-order valence-electron chi connectivity index (χ0n) is 52.0. The topological polar surface area (TPSA) is 105 Å². The summed E-state index contributed by atoms with van der Waals surface area (Å²) in [6.07, 6.45) is 22.8. The summed E-state index contributed by atoms with van der Waals surface area (Å²) < 4.78 is 11.7. The summed E-state index contributed by atoms with van der Waals surface area (Å²) in [4.78, 5) is 26.7. The number of nitrogens with zero attached hydrogens (tertiary/aromatic N) is 2. The van der Waals surface area contributed by atoms with E-state index in [0.717, 1.165) is 146 Å². The number of rotatable bonds is 24. The number of ether oxygens (including phenoxy) is 2. The number of carbonyl (C=O) groups excluding carboxylic acids is 2. The van der Waals surface area contributed by atoms with Gasteiger partial charge in [-0.1, -0.05) is 140 Å². The number of benzene rings is 4. The molecule has 2 atom stereocenters. The molecule has 2 fully saturated rings. The van der Waals surface area contributed by atoms with Crippen molar-refractivity contribution in [1.82, 2.24) is 10.1 Å². The van der Waals surface area contributed by atoms with E-state index in [0.29, 0.717) is 24.3 Å². The normalized spacial score (nSPS) is 17.5. The lowest BCUT2D eigenvalue weighted by molar-refractivity contribution is -0.142. The van der Waals surface area contributed by atoms with Crippen molar-refractivity contribution in [1.29, 1.82) is 0 Å². The molecule has 0 amide bonds. The van der Waals surface area contributed by atoms with Crippen LogP contribution in [0.3, 0.4) is 0 Å². The van der Waals surface area contributed by atoms with Crippen molar-refractivity contribution < 1.29 is 19.1 Å². The highest BCUT2D eigenvalue weighted by atomic mass is 16.5. The van der Waals surface area contributed by atoms with Gasteiger partial charge >= 0.3 is 11.9 Å². The third-order valence-corrected chi connectivity index (χ3v) is 17.0. The lowest BCUT2D eigenvalue weighted by atomic mass is 9.87. The molecule has 2 heterocycles. The molecule has 4 aromatic carbocycles. The lowest BCUT2D eigenvalue weighted by Gasteiger charge is -2.47. The lowest BCUT2D eigenvalue weighted by Crippen LogP contribution is -2.47. The van der Waals surface area contributed by atoms with Crippen LogP contribution in [-0.2, 0) is 35.3 Å². The number of unbranched alkanes of at least 4 members (excludes halogenated alkanes) is 12. The number of hydrogen-bond acceptors (Lipinski definition) is 8. The van der Waals surface area contributed by atoms with Crippen molar-refractivity contribution in [3.8, 4) is 58.9 Å². The fourth-order valence-corrected chi connectivity index (χ4v) is 12.0. The zero-order chi connectivity index (χ0) is 59.5. The first-order valence-corrected chi connectivity index (χ1v) is 31.1. The van der Waals surface area contributed by atoms with Gasteiger partial charge in [-0.3, -0.25) is 9.59 Å². The molecule has 2 saturated heterocycles. The second-order valence-electron chi connectivity index (χ2n) is 25.5. The van der Waals surface area contributed by atoms with E-state index in [2.05, 4.69) is 99.3 Å². The second-order valence-corrected chi connectivity index (χ2v) is 25.5. The summed E-state index contributed by atoms with van der Waals surface area (Å²) in [5.41, 5.74) is 7.51. The monoisotopic (exact) mass is 1110 g/mol. The van der Waals surface area contributed by atoms with E-state index in [9.17, 15) is 20.0 Å². The van der Waals surface area contributed by atoms with Crippen molar-refractivity contribution in [2.75, 3.05) is 0 Å². The Balaban J connectivity index is 1.30. The maximum absolute atomic E-state index is 13.4.